The van der Waals surface area contributed by atoms with E-state index >= 15 is 0 Å². The number of likely N-dealkylation sites (tertiary alicyclic amines) is 1. The second-order valence-corrected chi connectivity index (χ2v) is 8.32. The van der Waals surface area contributed by atoms with E-state index in [1.54, 1.807) is 23.7 Å². The fourth-order valence-corrected chi connectivity index (χ4v) is 5.19. The number of carbonyl (C=O) groups is 1. The number of rotatable bonds is 4. The van der Waals surface area contributed by atoms with Gasteiger partial charge in [0.1, 0.15) is 0 Å². The van der Waals surface area contributed by atoms with E-state index in [1.807, 2.05) is 23.1 Å². The molecule has 0 bridgehead atoms. The number of carbonyl (C=O) groups excluding carboxylic acids is 1. The molecule has 7 heteroatoms. The van der Waals surface area contributed by atoms with Gasteiger partial charge >= 0.3 is 0 Å². The van der Waals surface area contributed by atoms with Gasteiger partial charge in [0.05, 0.1) is 11.3 Å². The summed E-state index contributed by atoms with van der Waals surface area (Å²) in [6, 6.07) is 7.91. The van der Waals surface area contributed by atoms with Crippen molar-refractivity contribution in [2.45, 2.75) is 37.0 Å². The average Bonchev–Trinajstić information content (AvgIpc) is 3.41. The summed E-state index contributed by atoms with van der Waals surface area (Å²) >= 11 is 1.70. The Bertz CT molecular complexity index is 926. The lowest BCUT2D eigenvalue weighted by molar-refractivity contribution is -0.142. The van der Waals surface area contributed by atoms with Crippen LogP contribution >= 0.6 is 11.3 Å². The van der Waals surface area contributed by atoms with Crippen LogP contribution in [0.25, 0.3) is 11.4 Å². The smallest absolute Gasteiger partial charge is 0.234 e. The van der Waals surface area contributed by atoms with E-state index in [1.165, 1.54) is 4.88 Å². The van der Waals surface area contributed by atoms with Crippen LogP contribution in [0.15, 0.2) is 46.6 Å². The van der Waals surface area contributed by atoms with Crippen LogP contribution in [0.5, 0.6) is 0 Å². The van der Waals surface area contributed by atoms with E-state index in [9.17, 15) is 4.79 Å². The van der Waals surface area contributed by atoms with Crippen molar-refractivity contribution in [2.75, 3.05) is 13.1 Å². The molecule has 1 amide bonds. The number of thiophene rings is 1. The van der Waals surface area contributed by atoms with Gasteiger partial charge in [-0.3, -0.25) is 9.78 Å². The van der Waals surface area contributed by atoms with Crippen molar-refractivity contribution in [1.29, 1.82) is 0 Å². The Hall–Kier alpha value is -2.54. The molecule has 0 atom stereocenters. The molecule has 1 aliphatic heterocycles. The quantitative estimate of drug-likeness (QED) is 0.691. The second kappa shape index (κ2) is 6.56. The van der Waals surface area contributed by atoms with Crippen molar-refractivity contribution in [3.63, 3.8) is 0 Å². The Morgan fingerprint density at radius 1 is 1.22 bits per heavy atom. The highest BCUT2D eigenvalue weighted by Gasteiger charge is 2.49. The van der Waals surface area contributed by atoms with Crippen LogP contribution in [0, 0.1) is 0 Å². The van der Waals surface area contributed by atoms with Crippen molar-refractivity contribution in [3.05, 3.63) is 52.8 Å². The number of hydrogen-bond acceptors (Lipinski definition) is 6. The van der Waals surface area contributed by atoms with E-state index in [2.05, 4.69) is 26.6 Å². The maximum absolute atomic E-state index is 13.3. The van der Waals surface area contributed by atoms with Gasteiger partial charge in [-0.15, -0.1) is 11.3 Å². The summed E-state index contributed by atoms with van der Waals surface area (Å²) in [5.41, 5.74) is 0.525. The van der Waals surface area contributed by atoms with Gasteiger partial charge in [0.25, 0.3) is 0 Å². The third kappa shape index (κ3) is 2.77. The van der Waals surface area contributed by atoms with Crippen LogP contribution in [0.1, 0.15) is 42.4 Å². The number of aromatic nitrogens is 3. The first-order valence-corrected chi connectivity index (χ1v) is 10.2. The van der Waals surface area contributed by atoms with Crippen LogP contribution in [0.4, 0.5) is 0 Å². The Kier molecular flexibility index (Phi) is 4.04. The molecule has 0 unspecified atom stereocenters. The van der Waals surface area contributed by atoms with Crippen molar-refractivity contribution in [1.82, 2.24) is 20.0 Å². The summed E-state index contributed by atoms with van der Waals surface area (Å²) in [7, 11) is 0. The molecule has 3 aromatic rings. The first-order valence-electron chi connectivity index (χ1n) is 9.34. The number of pyridine rings is 1. The van der Waals surface area contributed by atoms with E-state index < -0.39 is 0 Å². The first kappa shape index (κ1) is 16.6. The maximum atomic E-state index is 13.3. The fraction of sp³-hybridized carbons (Fsp3) is 0.400. The summed E-state index contributed by atoms with van der Waals surface area (Å²) in [4.78, 5) is 25.1. The third-order valence-electron chi connectivity index (χ3n) is 5.74. The zero-order valence-electron chi connectivity index (χ0n) is 14.9. The number of nitrogens with zero attached hydrogens (tertiary/aromatic N) is 4. The van der Waals surface area contributed by atoms with Gasteiger partial charge in [-0.2, -0.15) is 4.98 Å². The monoisotopic (exact) mass is 380 g/mol. The first-order chi connectivity index (χ1) is 13.3. The van der Waals surface area contributed by atoms with Gasteiger partial charge in [0, 0.05) is 35.9 Å². The highest BCUT2D eigenvalue weighted by molar-refractivity contribution is 7.10. The molecule has 1 saturated carbocycles. The Labute approximate surface area is 161 Å². The number of amides is 1. The molecule has 0 radical (unpaired) electrons. The summed E-state index contributed by atoms with van der Waals surface area (Å²) in [5.74, 6) is 1.54. The molecule has 1 aliphatic carbocycles. The molecular formula is C20H20N4O2S. The molecule has 2 fully saturated rings. The second-order valence-electron chi connectivity index (χ2n) is 7.37. The zero-order valence-corrected chi connectivity index (χ0v) is 15.7. The van der Waals surface area contributed by atoms with Crippen LogP contribution < -0.4 is 0 Å². The molecule has 3 aromatic heterocycles. The average molecular weight is 380 g/mol. The van der Waals surface area contributed by atoms with Gasteiger partial charge in [-0.25, -0.2) is 0 Å². The lowest BCUT2D eigenvalue weighted by Crippen LogP contribution is -2.55. The lowest BCUT2D eigenvalue weighted by atomic mass is 9.81. The van der Waals surface area contributed by atoms with Gasteiger partial charge in [0.2, 0.25) is 17.6 Å². The summed E-state index contributed by atoms with van der Waals surface area (Å²) < 4.78 is 5.45. The predicted octanol–water partition coefficient (Wildman–Crippen LogP) is 3.63. The molecule has 4 heterocycles. The Morgan fingerprint density at radius 3 is 2.78 bits per heavy atom. The summed E-state index contributed by atoms with van der Waals surface area (Å²) in [6.45, 7) is 1.31. The Balaban J connectivity index is 1.29. The SMILES string of the molecule is O=C(N1CC(c2nc(-c3cccnc3)no2)C1)C1(c2cccs2)CCCC1. The fourth-order valence-electron chi connectivity index (χ4n) is 4.21. The van der Waals surface area contributed by atoms with E-state index in [-0.39, 0.29) is 17.2 Å². The highest BCUT2D eigenvalue weighted by Crippen LogP contribution is 2.46. The third-order valence-corrected chi connectivity index (χ3v) is 6.81. The lowest BCUT2D eigenvalue weighted by Gasteiger charge is -2.42. The predicted molar refractivity (Wildman–Crippen MR) is 101 cm³/mol. The van der Waals surface area contributed by atoms with Crippen molar-refractivity contribution in [3.8, 4) is 11.4 Å². The molecule has 0 N–H and O–H groups in total. The van der Waals surface area contributed by atoms with E-state index in [0.29, 0.717) is 24.8 Å². The zero-order chi connectivity index (χ0) is 18.3. The van der Waals surface area contributed by atoms with E-state index in [4.69, 9.17) is 4.52 Å². The molecule has 5 rings (SSSR count). The maximum Gasteiger partial charge on any atom is 0.234 e. The minimum Gasteiger partial charge on any atom is -0.340 e. The topological polar surface area (TPSA) is 72.1 Å². The van der Waals surface area contributed by atoms with Crippen molar-refractivity contribution < 1.29 is 9.32 Å². The Morgan fingerprint density at radius 2 is 2.07 bits per heavy atom. The molecule has 27 heavy (non-hydrogen) atoms. The highest BCUT2D eigenvalue weighted by atomic mass is 32.1. The van der Waals surface area contributed by atoms with Crippen LogP contribution in [0.3, 0.4) is 0 Å². The molecule has 2 aliphatic rings. The minimum atomic E-state index is -0.311. The van der Waals surface area contributed by atoms with Gasteiger partial charge in [-0.1, -0.05) is 24.1 Å². The van der Waals surface area contributed by atoms with Gasteiger partial charge in [0.15, 0.2) is 0 Å². The molecule has 138 valence electrons. The van der Waals surface area contributed by atoms with Crippen molar-refractivity contribution >= 4 is 17.2 Å². The summed E-state index contributed by atoms with van der Waals surface area (Å²) in [5, 5.41) is 6.13. The minimum absolute atomic E-state index is 0.119. The van der Waals surface area contributed by atoms with Gasteiger partial charge < -0.3 is 9.42 Å². The summed E-state index contributed by atoms with van der Waals surface area (Å²) in [6.07, 6.45) is 7.60. The molecule has 1 saturated heterocycles. The van der Waals surface area contributed by atoms with Gasteiger partial charge in [-0.05, 0) is 36.4 Å². The molecule has 0 aromatic carbocycles. The normalized spacial score (nSPS) is 19.2. The molecule has 6 nitrogen and oxygen atoms in total. The standard InChI is InChI=1S/C20H20N4O2S/c25-19(20(7-1-2-8-20)16-6-4-10-27-16)24-12-15(13-24)18-22-17(23-26-18)14-5-3-9-21-11-14/h3-6,9-11,15H,1-2,7-8,12-13H2. The van der Waals surface area contributed by atoms with E-state index in [0.717, 1.165) is 31.2 Å². The van der Waals surface area contributed by atoms with Crippen LogP contribution in [-0.4, -0.2) is 39.0 Å². The van der Waals surface area contributed by atoms with Crippen LogP contribution in [-0.2, 0) is 10.2 Å². The number of hydrogen-bond donors (Lipinski definition) is 0. The molecule has 0 spiro atoms. The van der Waals surface area contributed by atoms with Crippen LogP contribution in [0.2, 0.25) is 0 Å². The van der Waals surface area contributed by atoms with Crippen molar-refractivity contribution in [2.24, 2.45) is 0 Å². The largest absolute Gasteiger partial charge is 0.340 e. The molecular weight excluding hydrogens is 360 g/mol.